The lowest BCUT2D eigenvalue weighted by molar-refractivity contribution is 0.141. The van der Waals surface area contributed by atoms with Gasteiger partial charge in [-0.1, -0.05) is 17.7 Å². The van der Waals surface area contributed by atoms with Gasteiger partial charge in [0.1, 0.15) is 21.7 Å². The van der Waals surface area contributed by atoms with Gasteiger partial charge in [-0.05, 0) is 55.8 Å². The molecule has 0 amide bonds. The molecule has 3 aromatic heterocycles. The van der Waals surface area contributed by atoms with Gasteiger partial charge in [-0.3, -0.25) is 14.6 Å². The molecule has 4 aromatic rings. The van der Waals surface area contributed by atoms with Gasteiger partial charge in [-0.2, -0.15) is 0 Å². The summed E-state index contributed by atoms with van der Waals surface area (Å²) in [4.78, 5) is 17.5. The predicted octanol–water partition coefficient (Wildman–Crippen LogP) is 3.04. The second kappa shape index (κ2) is 8.85. The summed E-state index contributed by atoms with van der Waals surface area (Å²) in [7, 11) is -4.08. The van der Waals surface area contributed by atoms with Gasteiger partial charge in [0.15, 0.2) is 0 Å². The average Bonchev–Trinajstić information content (AvgIpc) is 2.78. The number of pyridine rings is 2. The van der Waals surface area contributed by atoms with Crippen molar-refractivity contribution < 1.29 is 13.2 Å². The molecule has 0 radical (unpaired) electrons. The Morgan fingerprint density at radius 1 is 1.16 bits per heavy atom. The van der Waals surface area contributed by atoms with E-state index in [0.717, 1.165) is 0 Å². The summed E-state index contributed by atoms with van der Waals surface area (Å²) in [6.07, 6.45) is 2.10. The summed E-state index contributed by atoms with van der Waals surface area (Å²) in [5.74, 6) is 0. The zero-order valence-electron chi connectivity index (χ0n) is 17.3. The van der Waals surface area contributed by atoms with Crippen LogP contribution in [0.5, 0.6) is 0 Å². The first-order valence-electron chi connectivity index (χ1n) is 10.0. The predicted molar refractivity (Wildman–Crippen MR) is 121 cm³/mol. The molecule has 3 heterocycles. The van der Waals surface area contributed by atoms with Crippen molar-refractivity contribution >= 4 is 38.1 Å². The monoisotopic (exact) mass is 472 g/mol. The van der Waals surface area contributed by atoms with Crippen molar-refractivity contribution in [2.24, 2.45) is 0 Å². The fraction of sp³-hybridized carbons (Fsp3) is 0.227. The molecule has 1 aromatic carbocycles. The molecule has 32 heavy (non-hydrogen) atoms. The lowest BCUT2D eigenvalue weighted by atomic mass is 10.3. The van der Waals surface area contributed by atoms with E-state index >= 15 is 0 Å². The van der Waals surface area contributed by atoms with Crippen LogP contribution in [0.4, 0.5) is 0 Å². The van der Waals surface area contributed by atoms with Crippen molar-refractivity contribution in [2.45, 2.75) is 29.7 Å². The Labute approximate surface area is 189 Å². The molecule has 0 unspecified atom stereocenters. The Kier molecular flexibility index (Phi) is 6.14. The van der Waals surface area contributed by atoms with Crippen molar-refractivity contribution in [1.82, 2.24) is 14.0 Å². The highest BCUT2D eigenvalue weighted by atomic mass is 35.5. The first-order valence-corrected chi connectivity index (χ1v) is 11.9. The summed E-state index contributed by atoms with van der Waals surface area (Å²) < 4.78 is 35.0. The van der Waals surface area contributed by atoms with Crippen molar-refractivity contribution in [3.8, 4) is 0 Å². The summed E-state index contributed by atoms with van der Waals surface area (Å²) in [6.45, 7) is 3.14. The van der Waals surface area contributed by atoms with Gasteiger partial charge >= 0.3 is 0 Å². The summed E-state index contributed by atoms with van der Waals surface area (Å²) >= 11 is 5.90. The van der Waals surface area contributed by atoms with E-state index in [4.69, 9.17) is 21.7 Å². The number of fused-ring (bicyclic) bond motifs is 2. The summed E-state index contributed by atoms with van der Waals surface area (Å²) in [6, 6.07) is 12.1. The Bertz CT molecular complexity index is 1530. The topological polar surface area (TPSA) is 107 Å². The molecule has 8 nitrogen and oxygen atoms in total. The number of halogens is 1. The number of nitrogens with zero attached hydrogens (tertiary/aromatic N) is 3. The van der Waals surface area contributed by atoms with E-state index in [1.165, 1.54) is 39.3 Å². The molecule has 0 bridgehead atoms. The molecule has 0 aliphatic rings. The molecule has 4 rings (SSSR count). The average molecular weight is 473 g/mol. The maximum Gasteiger partial charge on any atom is 0.267 e. The van der Waals surface area contributed by atoms with Gasteiger partial charge in [-0.25, -0.2) is 13.4 Å². The fourth-order valence-electron chi connectivity index (χ4n) is 3.49. The maximum absolute atomic E-state index is 13.4. The normalized spacial score (nSPS) is 11.9. The molecule has 0 spiro atoms. The number of ether oxygens (including phenoxy) is 1. The molecular weight excluding hydrogens is 452 g/mol. The first-order chi connectivity index (χ1) is 15.3. The van der Waals surface area contributed by atoms with E-state index in [2.05, 4.69) is 4.98 Å². The Balaban J connectivity index is 2.01. The number of rotatable bonds is 7. The molecule has 10 heteroatoms. The number of sulfone groups is 1. The molecule has 0 saturated carbocycles. The maximum atomic E-state index is 13.4. The third kappa shape index (κ3) is 3.94. The number of aromatic nitrogens is 3. The lowest BCUT2D eigenvalue weighted by Gasteiger charge is -2.15. The molecule has 0 fully saturated rings. The number of hydrogen-bond acceptors (Lipinski definition) is 6. The Morgan fingerprint density at radius 2 is 1.91 bits per heavy atom. The second-order valence-corrected chi connectivity index (χ2v) is 9.45. The number of nitrogens with one attached hydrogen (secondary N) is 1. The van der Waals surface area contributed by atoms with Crippen molar-refractivity contribution in [3.05, 3.63) is 75.6 Å². The molecular formula is C22H21ClN4O4S. The lowest BCUT2D eigenvalue weighted by Crippen LogP contribution is -2.30. The molecule has 0 atom stereocenters. The van der Waals surface area contributed by atoms with Gasteiger partial charge < -0.3 is 9.30 Å². The van der Waals surface area contributed by atoms with Crippen LogP contribution in [0.25, 0.3) is 16.7 Å². The number of benzene rings is 1. The van der Waals surface area contributed by atoms with E-state index in [0.29, 0.717) is 30.3 Å². The number of aryl methyl sites for hydroxylation is 1. The molecule has 166 valence electrons. The molecule has 0 saturated heterocycles. The van der Waals surface area contributed by atoms with Crippen LogP contribution in [0.2, 0.25) is 5.02 Å². The van der Waals surface area contributed by atoms with Crippen LogP contribution >= 0.6 is 11.6 Å². The van der Waals surface area contributed by atoms with E-state index in [1.807, 2.05) is 6.92 Å². The smallest absolute Gasteiger partial charge is 0.267 e. The van der Waals surface area contributed by atoms with Crippen LogP contribution in [0.3, 0.4) is 0 Å². The van der Waals surface area contributed by atoms with E-state index in [-0.39, 0.29) is 32.9 Å². The van der Waals surface area contributed by atoms with Crippen LogP contribution in [-0.4, -0.2) is 35.6 Å². The highest BCUT2D eigenvalue weighted by Crippen LogP contribution is 2.22. The SMILES string of the molecule is CCOCCCn1c(=N)c(S(=O)(=O)c2ccc(Cl)cc2)cc2c(=O)n3ccccc3nc21. The molecule has 1 N–H and O–H groups in total. The van der Waals surface area contributed by atoms with E-state index in [9.17, 15) is 13.2 Å². The zero-order valence-corrected chi connectivity index (χ0v) is 18.9. The van der Waals surface area contributed by atoms with Gasteiger partial charge in [0, 0.05) is 31.0 Å². The van der Waals surface area contributed by atoms with Gasteiger partial charge in [-0.15, -0.1) is 0 Å². The second-order valence-electron chi connectivity index (χ2n) is 7.10. The highest BCUT2D eigenvalue weighted by molar-refractivity contribution is 7.91. The minimum Gasteiger partial charge on any atom is -0.382 e. The van der Waals surface area contributed by atoms with Gasteiger partial charge in [0.25, 0.3) is 5.56 Å². The third-order valence-electron chi connectivity index (χ3n) is 5.07. The highest BCUT2D eigenvalue weighted by Gasteiger charge is 2.24. The minimum atomic E-state index is -4.08. The fourth-order valence-corrected chi connectivity index (χ4v) is 5.01. The van der Waals surface area contributed by atoms with Crippen LogP contribution in [0.15, 0.2) is 69.3 Å². The van der Waals surface area contributed by atoms with Crippen LogP contribution in [0.1, 0.15) is 13.3 Å². The largest absolute Gasteiger partial charge is 0.382 e. The standard InChI is InChI=1S/C22H21ClN4O4S/c1-2-31-13-5-12-27-20(24)18(32(29,30)16-9-7-15(23)8-10-16)14-17-21(27)25-19-6-3-4-11-26(19)22(17)28/h3-4,6-11,14,24H,2,5,12-13H2,1H3. The quantitative estimate of drug-likeness (QED) is 0.328. The van der Waals surface area contributed by atoms with E-state index in [1.54, 1.807) is 24.4 Å². The minimum absolute atomic E-state index is 0.00975. The van der Waals surface area contributed by atoms with Crippen molar-refractivity contribution in [2.75, 3.05) is 13.2 Å². The van der Waals surface area contributed by atoms with Gasteiger partial charge in [0.2, 0.25) is 9.84 Å². The summed E-state index contributed by atoms with van der Waals surface area (Å²) in [5.41, 5.74) is 0.0295. The molecule has 0 aliphatic carbocycles. The van der Waals surface area contributed by atoms with E-state index < -0.39 is 15.4 Å². The van der Waals surface area contributed by atoms with Gasteiger partial charge in [0.05, 0.1) is 10.3 Å². The van der Waals surface area contributed by atoms with Crippen molar-refractivity contribution in [1.29, 1.82) is 5.41 Å². The Hall–Kier alpha value is -3.01. The molecule has 0 aliphatic heterocycles. The Morgan fingerprint density at radius 3 is 2.62 bits per heavy atom. The van der Waals surface area contributed by atoms with Crippen LogP contribution in [0, 0.1) is 5.41 Å². The van der Waals surface area contributed by atoms with Crippen LogP contribution in [-0.2, 0) is 21.1 Å². The first kappa shape index (κ1) is 22.2. The van der Waals surface area contributed by atoms with Crippen molar-refractivity contribution in [3.63, 3.8) is 0 Å². The van der Waals surface area contributed by atoms with Crippen LogP contribution < -0.4 is 11.0 Å². The third-order valence-corrected chi connectivity index (χ3v) is 7.11. The zero-order chi connectivity index (χ0) is 22.9. The summed E-state index contributed by atoms with van der Waals surface area (Å²) in [5, 5.41) is 9.22. The number of hydrogen-bond donors (Lipinski definition) is 1.